The molecule has 0 atom stereocenters. The highest BCUT2D eigenvalue weighted by Gasteiger charge is 2.24. The number of rotatable bonds is 3. The van der Waals surface area contributed by atoms with E-state index in [-0.39, 0.29) is 5.76 Å². The average Bonchev–Trinajstić information content (AvgIpc) is 2.95. The first-order valence-electron chi connectivity index (χ1n) is 6.70. The van der Waals surface area contributed by atoms with Gasteiger partial charge in [-0.2, -0.15) is 0 Å². The lowest BCUT2D eigenvalue weighted by Gasteiger charge is -2.21. The Bertz CT molecular complexity index is 708. The van der Waals surface area contributed by atoms with Crippen molar-refractivity contribution in [2.75, 3.05) is 7.11 Å². The molecule has 5 nitrogen and oxygen atoms in total. The number of nitrogens with zero attached hydrogens (tertiary/aromatic N) is 1. The Hall–Kier alpha value is -1.82. The molecule has 110 valence electrons. The van der Waals surface area contributed by atoms with Crippen LogP contribution in [0.2, 0.25) is 0 Å². The predicted molar refractivity (Wildman–Crippen MR) is 79.8 cm³/mol. The number of fused-ring (bicyclic) bond motifs is 1. The lowest BCUT2D eigenvalue weighted by molar-refractivity contribution is 0.0652. The highest BCUT2D eigenvalue weighted by Crippen LogP contribution is 2.43. The standard InChI is InChI=1S/C15H14BrNO4/c1-20-14-10(16)6-8-4-2-3-5-9(8)13(14)11-7-12(15(18)19)21-17-11/h6-7H,2-5H2,1H3,(H,18,19). The first-order valence-corrected chi connectivity index (χ1v) is 7.49. The second-order valence-corrected chi connectivity index (χ2v) is 5.85. The molecule has 1 N–H and O–H groups in total. The van der Waals surface area contributed by atoms with E-state index in [0.29, 0.717) is 11.4 Å². The number of benzene rings is 1. The number of hydrogen-bond donors (Lipinski definition) is 1. The maximum absolute atomic E-state index is 11.0. The molecule has 2 aromatic rings. The number of ether oxygens (including phenoxy) is 1. The van der Waals surface area contributed by atoms with E-state index in [1.807, 2.05) is 0 Å². The van der Waals surface area contributed by atoms with E-state index in [1.54, 1.807) is 7.11 Å². The number of carbonyl (C=O) groups is 1. The normalized spacial score (nSPS) is 13.8. The molecular weight excluding hydrogens is 338 g/mol. The van der Waals surface area contributed by atoms with Crippen molar-refractivity contribution in [3.05, 3.63) is 33.5 Å². The smallest absolute Gasteiger partial charge is 0.374 e. The fourth-order valence-electron chi connectivity index (χ4n) is 2.81. The molecule has 1 aromatic carbocycles. The van der Waals surface area contributed by atoms with Gasteiger partial charge in [-0.3, -0.25) is 0 Å². The van der Waals surface area contributed by atoms with Gasteiger partial charge in [0.05, 0.1) is 17.1 Å². The van der Waals surface area contributed by atoms with Crippen LogP contribution in [0.25, 0.3) is 11.3 Å². The minimum Gasteiger partial charge on any atom is -0.495 e. The summed E-state index contributed by atoms with van der Waals surface area (Å²) in [5.74, 6) is -0.631. The summed E-state index contributed by atoms with van der Waals surface area (Å²) in [6.45, 7) is 0. The van der Waals surface area contributed by atoms with Crippen molar-refractivity contribution in [3.8, 4) is 17.0 Å². The van der Waals surface area contributed by atoms with Gasteiger partial charge < -0.3 is 14.4 Å². The summed E-state index contributed by atoms with van der Waals surface area (Å²) in [6.07, 6.45) is 4.21. The Kier molecular flexibility index (Phi) is 3.71. The Labute approximate surface area is 130 Å². The molecule has 0 amide bonds. The van der Waals surface area contributed by atoms with Crippen molar-refractivity contribution in [1.82, 2.24) is 5.16 Å². The summed E-state index contributed by atoms with van der Waals surface area (Å²) in [7, 11) is 1.59. The summed E-state index contributed by atoms with van der Waals surface area (Å²) < 4.78 is 11.2. The summed E-state index contributed by atoms with van der Waals surface area (Å²) in [5, 5.41) is 12.9. The van der Waals surface area contributed by atoms with Gasteiger partial charge in [0.25, 0.3) is 0 Å². The number of aryl methyl sites for hydroxylation is 1. The Morgan fingerprint density at radius 1 is 1.38 bits per heavy atom. The fraction of sp³-hybridized carbons (Fsp3) is 0.333. The van der Waals surface area contributed by atoms with Crippen molar-refractivity contribution in [2.24, 2.45) is 0 Å². The zero-order valence-corrected chi connectivity index (χ0v) is 13.1. The highest BCUT2D eigenvalue weighted by atomic mass is 79.9. The van der Waals surface area contributed by atoms with Crippen LogP contribution in [-0.4, -0.2) is 23.3 Å². The van der Waals surface area contributed by atoms with E-state index in [4.69, 9.17) is 14.4 Å². The molecule has 0 fully saturated rings. The van der Waals surface area contributed by atoms with Crippen molar-refractivity contribution in [3.63, 3.8) is 0 Å². The van der Waals surface area contributed by atoms with Crippen LogP contribution in [0, 0.1) is 0 Å². The number of hydrogen-bond acceptors (Lipinski definition) is 4. The Morgan fingerprint density at radius 2 is 2.14 bits per heavy atom. The van der Waals surface area contributed by atoms with E-state index in [2.05, 4.69) is 27.2 Å². The highest BCUT2D eigenvalue weighted by molar-refractivity contribution is 9.10. The molecule has 0 spiro atoms. The van der Waals surface area contributed by atoms with Crippen molar-refractivity contribution >= 4 is 21.9 Å². The third kappa shape index (κ3) is 2.44. The molecule has 0 aliphatic heterocycles. The summed E-state index contributed by atoms with van der Waals surface area (Å²) in [6, 6.07) is 3.52. The number of carboxylic acids is 1. The van der Waals surface area contributed by atoms with Gasteiger partial charge in [-0.25, -0.2) is 4.79 Å². The van der Waals surface area contributed by atoms with Crippen molar-refractivity contribution < 1.29 is 19.2 Å². The summed E-state index contributed by atoms with van der Waals surface area (Å²) in [5.41, 5.74) is 3.76. The van der Waals surface area contributed by atoms with Crippen LogP contribution in [0.1, 0.15) is 34.5 Å². The molecule has 3 rings (SSSR count). The summed E-state index contributed by atoms with van der Waals surface area (Å²) in [4.78, 5) is 11.0. The predicted octanol–water partition coefficient (Wildman–Crippen LogP) is 3.69. The van der Waals surface area contributed by atoms with Crippen LogP contribution < -0.4 is 4.74 Å². The molecule has 0 saturated heterocycles. The van der Waals surface area contributed by atoms with Crippen LogP contribution in [0.3, 0.4) is 0 Å². The molecule has 1 heterocycles. The molecular formula is C15H14BrNO4. The molecule has 1 aliphatic rings. The minimum absolute atomic E-state index is 0.170. The van der Waals surface area contributed by atoms with Gasteiger partial charge in [0, 0.05) is 6.07 Å². The molecule has 6 heteroatoms. The molecule has 21 heavy (non-hydrogen) atoms. The molecule has 1 aromatic heterocycles. The van der Waals surface area contributed by atoms with Crippen LogP contribution >= 0.6 is 15.9 Å². The number of methoxy groups -OCH3 is 1. The lowest BCUT2D eigenvalue weighted by Crippen LogP contribution is -2.06. The number of halogens is 1. The maximum atomic E-state index is 11.0. The van der Waals surface area contributed by atoms with Crippen LogP contribution in [0.5, 0.6) is 5.75 Å². The monoisotopic (exact) mass is 351 g/mol. The van der Waals surface area contributed by atoms with Gasteiger partial charge in [-0.05, 0) is 58.8 Å². The third-order valence-electron chi connectivity index (χ3n) is 3.74. The first-order chi connectivity index (χ1) is 10.1. The Balaban J connectivity index is 2.23. The van der Waals surface area contributed by atoms with Crippen LogP contribution in [0.15, 0.2) is 21.1 Å². The van der Waals surface area contributed by atoms with E-state index in [9.17, 15) is 4.79 Å². The van der Waals surface area contributed by atoms with Crippen LogP contribution in [-0.2, 0) is 12.8 Å². The Morgan fingerprint density at radius 3 is 2.81 bits per heavy atom. The second kappa shape index (κ2) is 5.52. The van der Waals surface area contributed by atoms with E-state index in [0.717, 1.165) is 35.7 Å². The largest absolute Gasteiger partial charge is 0.495 e. The molecule has 0 bridgehead atoms. The molecule has 1 aliphatic carbocycles. The molecule has 0 radical (unpaired) electrons. The van der Waals surface area contributed by atoms with Crippen LogP contribution in [0.4, 0.5) is 0 Å². The van der Waals surface area contributed by atoms with Crippen molar-refractivity contribution in [1.29, 1.82) is 0 Å². The van der Waals surface area contributed by atoms with Gasteiger partial charge in [0.1, 0.15) is 11.4 Å². The lowest BCUT2D eigenvalue weighted by atomic mass is 9.86. The molecule has 0 saturated carbocycles. The number of carboxylic acid groups (broad SMARTS) is 1. The van der Waals surface area contributed by atoms with Gasteiger partial charge in [0.15, 0.2) is 0 Å². The van der Waals surface area contributed by atoms with E-state index >= 15 is 0 Å². The molecule has 0 unspecified atom stereocenters. The van der Waals surface area contributed by atoms with Gasteiger partial charge in [-0.1, -0.05) is 5.16 Å². The van der Waals surface area contributed by atoms with Gasteiger partial charge >= 0.3 is 5.97 Å². The number of aromatic carboxylic acids is 1. The van der Waals surface area contributed by atoms with E-state index < -0.39 is 5.97 Å². The van der Waals surface area contributed by atoms with E-state index in [1.165, 1.54) is 17.2 Å². The quantitative estimate of drug-likeness (QED) is 0.912. The minimum atomic E-state index is -1.13. The summed E-state index contributed by atoms with van der Waals surface area (Å²) >= 11 is 3.52. The maximum Gasteiger partial charge on any atom is 0.374 e. The van der Waals surface area contributed by atoms with Crippen molar-refractivity contribution in [2.45, 2.75) is 25.7 Å². The first kappa shape index (κ1) is 14.1. The zero-order chi connectivity index (χ0) is 15.0. The second-order valence-electron chi connectivity index (χ2n) is 4.99. The number of aromatic nitrogens is 1. The SMILES string of the molecule is COc1c(Br)cc2c(c1-c1cc(C(=O)O)on1)CCCC2. The zero-order valence-electron chi connectivity index (χ0n) is 11.5. The fourth-order valence-corrected chi connectivity index (χ4v) is 3.45. The van der Waals surface area contributed by atoms with Gasteiger partial charge in [0.2, 0.25) is 5.76 Å². The third-order valence-corrected chi connectivity index (χ3v) is 4.33. The topological polar surface area (TPSA) is 72.6 Å². The van der Waals surface area contributed by atoms with Gasteiger partial charge in [-0.15, -0.1) is 0 Å². The average molecular weight is 352 g/mol.